The maximum absolute atomic E-state index is 12.2. The Morgan fingerprint density at radius 3 is 2.68 bits per heavy atom. The number of nitro groups is 1. The van der Waals surface area contributed by atoms with Gasteiger partial charge in [-0.2, -0.15) is 0 Å². The Morgan fingerprint density at radius 2 is 2.09 bits per heavy atom. The second-order valence-electron chi connectivity index (χ2n) is 5.55. The number of carbonyl (C=O) groups is 1. The number of ketones is 1. The molecule has 1 saturated carbocycles. The van der Waals surface area contributed by atoms with Crippen molar-refractivity contribution in [2.24, 2.45) is 5.92 Å². The van der Waals surface area contributed by atoms with Gasteiger partial charge in [0.05, 0.1) is 20.1 Å². The van der Waals surface area contributed by atoms with Crippen molar-refractivity contribution in [2.75, 3.05) is 20.8 Å². The Kier molecular flexibility index (Phi) is 5.35. The van der Waals surface area contributed by atoms with Crippen molar-refractivity contribution >= 4 is 5.78 Å². The zero-order chi connectivity index (χ0) is 16.1. The van der Waals surface area contributed by atoms with E-state index in [0.717, 1.165) is 12.8 Å². The minimum Gasteiger partial charge on any atom is -0.497 e. The molecular formula is C16H21NO5. The van der Waals surface area contributed by atoms with Crippen molar-refractivity contribution in [3.05, 3.63) is 33.9 Å². The first-order valence-electron chi connectivity index (χ1n) is 7.43. The molecule has 0 saturated heterocycles. The van der Waals surface area contributed by atoms with E-state index in [-0.39, 0.29) is 23.2 Å². The van der Waals surface area contributed by atoms with Gasteiger partial charge in [0.25, 0.3) is 0 Å². The molecule has 0 aliphatic heterocycles. The molecule has 120 valence electrons. The van der Waals surface area contributed by atoms with Crippen LogP contribution in [0.4, 0.5) is 0 Å². The molecule has 0 N–H and O–H groups in total. The van der Waals surface area contributed by atoms with Crippen LogP contribution in [0.1, 0.15) is 37.2 Å². The average Bonchev–Trinajstić information content (AvgIpc) is 2.52. The smallest absolute Gasteiger partial charge is 0.211 e. The van der Waals surface area contributed by atoms with Crippen LogP contribution in [-0.2, 0) is 4.79 Å². The molecule has 0 spiro atoms. The first-order valence-corrected chi connectivity index (χ1v) is 7.43. The molecule has 0 radical (unpaired) electrons. The van der Waals surface area contributed by atoms with Crippen LogP contribution in [0.5, 0.6) is 11.5 Å². The Morgan fingerprint density at radius 1 is 1.32 bits per heavy atom. The third kappa shape index (κ3) is 3.55. The zero-order valence-electron chi connectivity index (χ0n) is 12.9. The van der Waals surface area contributed by atoms with E-state index >= 15 is 0 Å². The van der Waals surface area contributed by atoms with Gasteiger partial charge in [-0.1, -0.05) is 6.42 Å². The second kappa shape index (κ2) is 7.24. The molecule has 0 heterocycles. The highest BCUT2D eigenvalue weighted by molar-refractivity contribution is 5.82. The summed E-state index contributed by atoms with van der Waals surface area (Å²) in [7, 11) is 3.07. The van der Waals surface area contributed by atoms with Crippen LogP contribution in [-0.4, -0.2) is 31.5 Å². The summed E-state index contributed by atoms with van der Waals surface area (Å²) in [5, 5.41) is 11.1. The molecule has 1 aromatic rings. The predicted molar refractivity (Wildman–Crippen MR) is 81.1 cm³/mol. The van der Waals surface area contributed by atoms with Crippen molar-refractivity contribution in [3.63, 3.8) is 0 Å². The number of Topliss-reactive ketones (excluding diaryl/α,β-unsaturated/α-hetero) is 1. The number of hydrogen-bond acceptors (Lipinski definition) is 5. The molecule has 1 aliphatic carbocycles. The van der Waals surface area contributed by atoms with Gasteiger partial charge < -0.3 is 9.47 Å². The molecule has 0 unspecified atom stereocenters. The third-order valence-corrected chi connectivity index (χ3v) is 4.27. The molecule has 6 nitrogen and oxygen atoms in total. The molecule has 0 amide bonds. The molecule has 0 bridgehead atoms. The molecule has 1 aliphatic rings. The predicted octanol–water partition coefficient (Wildman–Crippen LogP) is 2.82. The highest BCUT2D eigenvalue weighted by atomic mass is 16.6. The number of ether oxygens (including phenoxy) is 2. The summed E-state index contributed by atoms with van der Waals surface area (Å²) in [5.74, 6) is 0.481. The number of nitrogens with zero attached hydrogens (tertiary/aromatic N) is 1. The number of rotatable bonds is 6. The summed E-state index contributed by atoms with van der Waals surface area (Å²) in [6.45, 7) is -0.278. The van der Waals surface area contributed by atoms with Gasteiger partial charge >= 0.3 is 0 Å². The quantitative estimate of drug-likeness (QED) is 0.596. The van der Waals surface area contributed by atoms with Gasteiger partial charge in [0, 0.05) is 22.8 Å². The second-order valence-corrected chi connectivity index (χ2v) is 5.55. The summed E-state index contributed by atoms with van der Waals surface area (Å²) in [6, 6.07) is 5.22. The topological polar surface area (TPSA) is 78.7 Å². The lowest BCUT2D eigenvalue weighted by molar-refractivity contribution is -0.484. The minimum atomic E-state index is -0.479. The number of carbonyl (C=O) groups excluding carboxylic acids is 1. The summed E-state index contributed by atoms with van der Waals surface area (Å²) in [5.41, 5.74) is 0.679. The van der Waals surface area contributed by atoms with Crippen LogP contribution in [0.2, 0.25) is 0 Å². The zero-order valence-corrected chi connectivity index (χ0v) is 12.9. The van der Waals surface area contributed by atoms with E-state index in [4.69, 9.17) is 9.47 Å². The maximum Gasteiger partial charge on any atom is 0.211 e. The standard InChI is InChI=1S/C16H21NO5/c1-21-11-7-8-16(22-2)13(9-11)14(10-17(19)20)12-5-3-4-6-15(12)18/h7-9,12,14H,3-6,10H2,1-2H3/t12-,14+/m0/s1. The Balaban J connectivity index is 2.43. The fourth-order valence-electron chi connectivity index (χ4n) is 3.17. The van der Waals surface area contributed by atoms with Crippen molar-refractivity contribution in [2.45, 2.75) is 31.6 Å². The van der Waals surface area contributed by atoms with Crippen LogP contribution in [0.3, 0.4) is 0 Å². The summed E-state index contributed by atoms with van der Waals surface area (Å²) < 4.78 is 10.6. The molecule has 1 fully saturated rings. The van der Waals surface area contributed by atoms with E-state index in [1.165, 1.54) is 7.11 Å². The van der Waals surface area contributed by atoms with Crippen molar-refractivity contribution in [1.82, 2.24) is 0 Å². The van der Waals surface area contributed by atoms with Crippen LogP contribution in [0.15, 0.2) is 18.2 Å². The van der Waals surface area contributed by atoms with Crippen molar-refractivity contribution < 1.29 is 19.2 Å². The van der Waals surface area contributed by atoms with Gasteiger partial charge in [0.2, 0.25) is 6.54 Å². The van der Waals surface area contributed by atoms with Crippen molar-refractivity contribution in [3.8, 4) is 11.5 Å². The normalized spacial score (nSPS) is 19.5. The van der Waals surface area contributed by atoms with Crippen molar-refractivity contribution in [1.29, 1.82) is 0 Å². The molecule has 22 heavy (non-hydrogen) atoms. The van der Waals surface area contributed by atoms with Gasteiger partial charge in [-0.15, -0.1) is 0 Å². The van der Waals surface area contributed by atoms with Crippen LogP contribution < -0.4 is 9.47 Å². The third-order valence-electron chi connectivity index (χ3n) is 4.27. The van der Waals surface area contributed by atoms with Gasteiger partial charge in [-0.3, -0.25) is 14.9 Å². The monoisotopic (exact) mass is 307 g/mol. The fraction of sp³-hybridized carbons (Fsp3) is 0.562. The largest absolute Gasteiger partial charge is 0.497 e. The van der Waals surface area contributed by atoms with E-state index in [1.54, 1.807) is 25.3 Å². The minimum absolute atomic E-state index is 0.114. The van der Waals surface area contributed by atoms with E-state index in [9.17, 15) is 14.9 Å². The van der Waals surface area contributed by atoms with E-state index < -0.39 is 5.92 Å². The van der Waals surface area contributed by atoms with Crippen LogP contribution in [0.25, 0.3) is 0 Å². The molecule has 1 aromatic carbocycles. The van der Waals surface area contributed by atoms with Crippen LogP contribution in [0, 0.1) is 16.0 Å². The Labute approximate surface area is 129 Å². The average molecular weight is 307 g/mol. The first kappa shape index (κ1) is 16.3. The number of methoxy groups -OCH3 is 2. The van der Waals surface area contributed by atoms with E-state index in [1.807, 2.05) is 0 Å². The lowest BCUT2D eigenvalue weighted by Crippen LogP contribution is -2.30. The summed E-state index contributed by atoms with van der Waals surface area (Å²) >= 11 is 0. The maximum atomic E-state index is 12.2. The molecule has 2 atom stereocenters. The van der Waals surface area contributed by atoms with Gasteiger partial charge in [-0.05, 0) is 31.0 Å². The number of hydrogen-bond donors (Lipinski definition) is 0. The fourth-order valence-corrected chi connectivity index (χ4v) is 3.17. The van der Waals surface area contributed by atoms with Gasteiger partial charge in [0.15, 0.2) is 0 Å². The summed E-state index contributed by atoms with van der Waals surface area (Å²) in [4.78, 5) is 23.0. The van der Waals surface area contributed by atoms with E-state index in [2.05, 4.69) is 0 Å². The summed E-state index contributed by atoms with van der Waals surface area (Å²) in [6.07, 6.45) is 3.00. The molecule has 2 rings (SSSR count). The lowest BCUT2D eigenvalue weighted by Gasteiger charge is -2.28. The molecular weight excluding hydrogens is 286 g/mol. The van der Waals surface area contributed by atoms with E-state index in [0.29, 0.717) is 29.9 Å². The van der Waals surface area contributed by atoms with Gasteiger partial charge in [-0.25, -0.2) is 0 Å². The SMILES string of the molecule is COc1ccc(OC)c([C@H](C[N+](=O)[O-])[C@@H]2CCCCC2=O)c1. The Bertz CT molecular complexity index is 557. The first-order chi connectivity index (χ1) is 10.6. The molecule has 6 heteroatoms. The Hall–Kier alpha value is -2.11. The number of benzene rings is 1. The van der Waals surface area contributed by atoms with Gasteiger partial charge in [0.1, 0.15) is 17.3 Å². The molecule has 0 aromatic heterocycles. The highest BCUT2D eigenvalue weighted by Gasteiger charge is 2.36. The lowest BCUT2D eigenvalue weighted by atomic mass is 9.75. The van der Waals surface area contributed by atoms with Crippen LogP contribution >= 0.6 is 0 Å². The highest BCUT2D eigenvalue weighted by Crippen LogP contribution is 2.39.